The number of rotatable bonds is 4. The monoisotopic (exact) mass is 429 g/mol. The second-order valence-corrected chi connectivity index (χ2v) is 6.84. The van der Waals surface area contributed by atoms with Crippen LogP contribution in [0.5, 0.6) is 0 Å². The molecule has 0 aliphatic rings. The maximum atomic E-state index is 12.1. The number of alkyl halides is 5. The highest BCUT2D eigenvalue weighted by molar-refractivity contribution is 8.00. The van der Waals surface area contributed by atoms with Crippen LogP contribution < -0.4 is 5.73 Å². The molecule has 1 heterocycles. The third-order valence-corrected chi connectivity index (χ3v) is 4.26. The summed E-state index contributed by atoms with van der Waals surface area (Å²) in [5, 5.41) is 3.40. The molecule has 0 spiro atoms. The van der Waals surface area contributed by atoms with Crippen LogP contribution in [0.1, 0.15) is 22.5 Å². The zero-order valence-corrected chi connectivity index (χ0v) is 15.8. The van der Waals surface area contributed by atoms with Crippen LogP contribution in [0.15, 0.2) is 65.7 Å². The second-order valence-electron chi connectivity index (χ2n) is 5.70. The van der Waals surface area contributed by atoms with E-state index < -0.39 is 23.5 Å². The van der Waals surface area contributed by atoms with Crippen LogP contribution in [0, 0.1) is 0 Å². The Labute approximate surface area is 167 Å². The number of thioether (sulfide) groups is 1. The van der Waals surface area contributed by atoms with E-state index in [0.717, 1.165) is 15.8 Å². The number of primary amides is 1. The van der Waals surface area contributed by atoms with Gasteiger partial charge in [-0.1, -0.05) is 42.5 Å². The summed E-state index contributed by atoms with van der Waals surface area (Å²) < 4.78 is 61.7. The van der Waals surface area contributed by atoms with Crippen LogP contribution in [-0.4, -0.2) is 21.2 Å². The van der Waals surface area contributed by atoms with E-state index in [9.17, 15) is 26.7 Å². The SMILES string of the molecule is Cn1cc(C(N)=O)c(C(F)F)n1.FC(F)(F)Sc1ccc(-c2ccccc2)cc1. The Bertz CT molecular complexity index is 941. The summed E-state index contributed by atoms with van der Waals surface area (Å²) in [7, 11) is 1.44. The number of halogens is 5. The van der Waals surface area contributed by atoms with Gasteiger partial charge >= 0.3 is 5.51 Å². The van der Waals surface area contributed by atoms with Gasteiger partial charge in [-0.25, -0.2) is 8.78 Å². The minimum absolute atomic E-state index is 0.0954. The fourth-order valence-electron chi connectivity index (χ4n) is 2.34. The zero-order chi connectivity index (χ0) is 21.6. The molecule has 0 fully saturated rings. The maximum Gasteiger partial charge on any atom is 0.446 e. The van der Waals surface area contributed by atoms with E-state index in [1.165, 1.54) is 25.4 Å². The van der Waals surface area contributed by atoms with Crippen LogP contribution in [0.3, 0.4) is 0 Å². The van der Waals surface area contributed by atoms with E-state index in [2.05, 4.69) is 5.10 Å². The van der Waals surface area contributed by atoms with Gasteiger partial charge < -0.3 is 5.73 Å². The van der Waals surface area contributed by atoms with Gasteiger partial charge in [-0.3, -0.25) is 9.48 Å². The van der Waals surface area contributed by atoms with Crippen molar-refractivity contribution in [2.75, 3.05) is 0 Å². The van der Waals surface area contributed by atoms with Crippen LogP contribution >= 0.6 is 11.8 Å². The highest BCUT2D eigenvalue weighted by Crippen LogP contribution is 2.37. The molecule has 0 saturated carbocycles. The van der Waals surface area contributed by atoms with Crippen molar-refractivity contribution in [1.82, 2.24) is 9.78 Å². The van der Waals surface area contributed by atoms with E-state index in [1.807, 2.05) is 30.3 Å². The van der Waals surface area contributed by atoms with Crippen LogP contribution in [0.2, 0.25) is 0 Å². The summed E-state index contributed by atoms with van der Waals surface area (Å²) >= 11 is -0.0954. The minimum Gasteiger partial charge on any atom is -0.365 e. The van der Waals surface area contributed by atoms with E-state index in [1.54, 1.807) is 12.1 Å². The van der Waals surface area contributed by atoms with E-state index in [4.69, 9.17) is 5.73 Å². The molecule has 2 N–H and O–H groups in total. The van der Waals surface area contributed by atoms with Gasteiger partial charge in [0.25, 0.3) is 12.3 Å². The predicted octanol–water partition coefficient (Wildman–Crippen LogP) is 5.42. The number of nitrogens with zero attached hydrogens (tertiary/aromatic N) is 2. The minimum atomic E-state index is -4.23. The van der Waals surface area contributed by atoms with Crippen LogP contribution in [0.4, 0.5) is 22.0 Å². The number of nitrogens with two attached hydrogens (primary N) is 1. The zero-order valence-electron chi connectivity index (χ0n) is 15.0. The summed E-state index contributed by atoms with van der Waals surface area (Å²) in [4.78, 5) is 10.8. The van der Waals surface area contributed by atoms with Crippen molar-refractivity contribution in [1.29, 1.82) is 0 Å². The molecular formula is C19H16F5N3OS. The molecule has 1 aromatic heterocycles. The van der Waals surface area contributed by atoms with Gasteiger partial charge in [0.05, 0.1) is 5.56 Å². The van der Waals surface area contributed by atoms with Crippen LogP contribution in [0.25, 0.3) is 11.1 Å². The molecule has 0 aliphatic carbocycles. The Hall–Kier alpha value is -2.88. The number of hydrogen-bond donors (Lipinski definition) is 1. The molecule has 0 radical (unpaired) electrons. The molecule has 10 heteroatoms. The van der Waals surface area contributed by atoms with E-state index >= 15 is 0 Å². The van der Waals surface area contributed by atoms with Crippen LogP contribution in [-0.2, 0) is 7.05 Å². The molecule has 0 aliphatic heterocycles. The predicted molar refractivity (Wildman–Crippen MR) is 100 cm³/mol. The first-order valence-electron chi connectivity index (χ1n) is 8.09. The Kier molecular flexibility index (Phi) is 7.38. The molecule has 0 saturated heterocycles. The molecule has 3 rings (SSSR count). The van der Waals surface area contributed by atoms with Gasteiger partial charge in [0.2, 0.25) is 0 Å². The Morgan fingerprint density at radius 1 is 1.03 bits per heavy atom. The van der Waals surface area contributed by atoms with Crippen molar-refractivity contribution in [3.05, 3.63) is 72.1 Å². The molecule has 2 aromatic carbocycles. The Morgan fingerprint density at radius 3 is 2.03 bits per heavy atom. The molecule has 4 nitrogen and oxygen atoms in total. The number of benzene rings is 2. The summed E-state index contributed by atoms with van der Waals surface area (Å²) in [6.45, 7) is 0. The summed E-state index contributed by atoms with van der Waals surface area (Å²) in [6, 6.07) is 15.9. The highest BCUT2D eigenvalue weighted by Gasteiger charge is 2.29. The lowest BCUT2D eigenvalue weighted by molar-refractivity contribution is -0.0328. The Morgan fingerprint density at radius 2 is 1.59 bits per heavy atom. The van der Waals surface area contributed by atoms with Gasteiger partial charge in [-0.2, -0.15) is 18.3 Å². The van der Waals surface area contributed by atoms with Crippen molar-refractivity contribution in [3.63, 3.8) is 0 Å². The van der Waals surface area contributed by atoms with Gasteiger partial charge in [-0.15, -0.1) is 0 Å². The van der Waals surface area contributed by atoms with Crippen molar-refractivity contribution >= 4 is 17.7 Å². The van der Waals surface area contributed by atoms with Crippen molar-refractivity contribution in [2.45, 2.75) is 16.8 Å². The molecule has 0 atom stereocenters. The normalized spacial score (nSPS) is 11.1. The average molecular weight is 429 g/mol. The van der Waals surface area contributed by atoms with Crippen molar-refractivity contribution < 1.29 is 26.7 Å². The summed E-state index contributed by atoms with van der Waals surface area (Å²) in [6.07, 6.45) is -1.60. The maximum absolute atomic E-state index is 12.1. The molecule has 0 bridgehead atoms. The lowest BCUT2D eigenvalue weighted by atomic mass is 10.1. The quantitative estimate of drug-likeness (QED) is 0.445. The topological polar surface area (TPSA) is 60.9 Å². The van der Waals surface area contributed by atoms with Gasteiger partial charge in [0, 0.05) is 18.1 Å². The fourth-order valence-corrected chi connectivity index (χ4v) is 2.88. The third-order valence-electron chi connectivity index (χ3n) is 3.52. The standard InChI is InChI=1S/C13H9F3S.C6H7F2N3O/c14-13(15,16)17-12-8-6-11(7-9-12)10-4-2-1-3-5-10;1-11-2-3(6(9)12)4(10-11)5(7)8/h1-9H;2,5H,1H3,(H2,9,12). The number of aryl methyl sites for hydroxylation is 1. The lowest BCUT2D eigenvalue weighted by Gasteiger charge is -2.06. The fraction of sp³-hybridized carbons (Fsp3) is 0.158. The number of amides is 1. The average Bonchev–Trinajstić information content (AvgIpc) is 3.05. The lowest BCUT2D eigenvalue weighted by Crippen LogP contribution is -2.12. The van der Waals surface area contributed by atoms with Crippen molar-refractivity contribution in [2.24, 2.45) is 12.8 Å². The number of aromatic nitrogens is 2. The summed E-state index contributed by atoms with van der Waals surface area (Å²) in [5.41, 5.74) is 1.73. The van der Waals surface area contributed by atoms with E-state index in [-0.39, 0.29) is 22.2 Å². The van der Waals surface area contributed by atoms with Gasteiger partial charge in [0.1, 0.15) is 5.69 Å². The molecule has 1 amide bonds. The number of carbonyl (C=O) groups excluding carboxylic acids is 1. The first-order chi connectivity index (χ1) is 13.6. The molecule has 3 aromatic rings. The number of hydrogen-bond acceptors (Lipinski definition) is 3. The third kappa shape index (κ3) is 6.90. The first-order valence-corrected chi connectivity index (χ1v) is 8.91. The second kappa shape index (κ2) is 9.55. The summed E-state index contributed by atoms with van der Waals surface area (Å²) in [5.74, 6) is -0.890. The van der Waals surface area contributed by atoms with E-state index in [0.29, 0.717) is 0 Å². The van der Waals surface area contributed by atoms with Gasteiger partial charge in [0.15, 0.2) is 0 Å². The van der Waals surface area contributed by atoms with Gasteiger partial charge in [-0.05, 0) is 35.0 Å². The molecular weight excluding hydrogens is 413 g/mol. The molecule has 154 valence electrons. The molecule has 29 heavy (non-hydrogen) atoms. The van der Waals surface area contributed by atoms with Crippen molar-refractivity contribution in [3.8, 4) is 11.1 Å². The number of carbonyl (C=O) groups is 1. The molecule has 0 unspecified atom stereocenters. The highest BCUT2D eigenvalue weighted by atomic mass is 32.2. The smallest absolute Gasteiger partial charge is 0.365 e. The Balaban J connectivity index is 0.000000221. The largest absolute Gasteiger partial charge is 0.446 e. The first kappa shape index (κ1) is 22.4.